The van der Waals surface area contributed by atoms with Crippen LogP contribution in [0.15, 0.2) is 6.07 Å². The molecule has 3 saturated heterocycles. The normalized spacial score (nSPS) is 23.6. The smallest absolute Gasteiger partial charge is 0.272 e. The molecular formula is C18H27N5O3. The number of aryl methyl sites for hydroxylation is 1. The van der Waals surface area contributed by atoms with Gasteiger partial charge in [0, 0.05) is 58.2 Å². The topological polar surface area (TPSA) is 71.0 Å². The van der Waals surface area contributed by atoms with E-state index in [0.29, 0.717) is 24.7 Å². The molecule has 0 bridgehead atoms. The van der Waals surface area contributed by atoms with Crippen LogP contribution in [-0.4, -0.2) is 91.0 Å². The Morgan fingerprint density at radius 1 is 1.04 bits per heavy atom. The van der Waals surface area contributed by atoms with Crippen LogP contribution < -0.4 is 4.90 Å². The van der Waals surface area contributed by atoms with Crippen molar-refractivity contribution in [3.63, 3.8) is 0 Å². The van der Waals surface area contributed by atoms with Gasteiger partial charge in [-0.05, 0) is 14.0 Å². The summed E-state index contributed by atoms with van der Waals surface area (Å²) in [4.78, 5) is 28.1. The average Bonchev–Trinajstić information content (AvgIpc) is 3.10. The molecule has 8 nitrogen and oxygen atoms in total. The third-order valence-electron chi connectivity index (χ3n) is 5.50. The van der Waals surface area contributed by atoms with Gasteiger partial charge in [-0.25, -0.2) is 9.97 Å². The second-order valence-electron chi connectivity index (χ2n) is 7.35. The Morgan fingerprint density at radius 2 is 1.69 bits per heavy atom. The molecule has 8 heteroatoms. The van der Waals surface area contributed by atoms with Crippen LogP contribution in [0.5, 0.6) is 0 Å². The lowest BCUT2D eigenvalue weighted by molar-refractivity contribution is -0.169. The molecule has 0 N–H and O–H groups in total. The first-order chi connectivity index (χ1) is 12.5. The van der Waals surface area contributed by atoms with Gasteiger partial charge in [0.1, 0.15) is 17.3 Å². The van der Waals surface area contributed by atoms with Crippen molar-refractivity contribution in [1.29, 1.82) is 0 Å². The number of rotatable bonds is 2. The van der Waals surface area contributed by atoms with E-state index in [0.717, 1.165) is 57.9 Å². The summed E-state index contributed by atoms with van der Waals surface area (Å²) in [5.74, 6) is 1.05. The lowest BCUT2D eigenvalue weighted by Gasteiger charge is -2.38. The Morgan fingerprint density at radius 3 is 2.35 bits per heavy atom. The second-order valence-corrected chi connectivity index (χ2v) is 7.35. The van der Waals surface area contributed by atoms with Crippen molar-refractivity contribution in [3.8, 4) is 0 Å². The fourth-order valence-electron chi connectivity index (χ4n) is 3.86. The van der Waals surface area contributed by atoms with Gasteiger partial charge in [0.2, 0.25) is 0 Å². The highest BCUT2D eigenvalue weighted by atomic mass is 16.7. The summed E-state index contributed by atoms with van der Waals surface area (Å²) in [6.45, 7) is 8.10. The maximum absolute atomic E-state index is 12.9. The van der Waals surface area contributed by atoms with Crippen molar-refractivity contribution in [1.82, 2.24) is 19.8 Å². The Balaban J connectivity index is 1.47. The van der Waals surface area contributed by atoms with E-state index >= 15 is 0 Å². The summed E-state index contributed by atoms with van der Waals surface area (Å²) in [5, 5.41) is 0. The summed E-state index contributed by atoms with van der Waals surface area (Å²) in [5.41, 5.74) is 0.491. The molecular weight excluding hydrogens is 334 g/mol. The van der Waals surface area contributed by atoms with E-state index in [4.69, 9.17) is 9.47 Å². The van der Waals surface area contributed by atoms with Crippen molar-refractivity contribution < 1.29 is 14.3 Å². The molecule has 3 aliphatic heterocycles. The molecule has 1 amide bonds. The van der Waals surface area contributed by atoms with Gasteiger partial charge in [-0.15, -0.1) is 0 Å². The van der Waals surface area contributed by atoms with Crippen LogP contribution in [0.3, 0.4) is 0 Å². The second kappa shape index (κ2) is 7.09. The predicted molar refractivity (Wildman–Crippen MR) is 96.3 cm³/mol. The van der Waals surface area contributed by atoms with Crippen molar-refractivity contribution in [2.24, 2.45) is 0 Å². The minimum Gasteiger partial charge on any atom is -0.356 e. The highest BCUT2D eigenvalue weighted by Crippen LogP contribution is 2.32. The number of hydrogen-bond donors (Lipinski definition) is 0. The molecule has 0 saturated carbocycles. The van der Waals surface area contributed by atoms with Crippen LogP contribution in [0.4, 0.5) is 5.82 Å². The first-order valence-electron chi connectivity index (χ1n) is 9.41. The number of amides is 1. The number of carbonyl (C=O) groups excluding carboxylic acids is 1. The molecule has 1 aromatic heterocycles. The fourth-order valence-corrected chi connectivity index (χ4v) is 3.86. The maximum atomic E-state index is 12.9. The van der Waals surface area contributed by atoms with Crippen molar-refractivity contribution in [3.05, 3.63) is 17.6 Å². The van der Waals surface area contributed by atoms with Gasteiger partial charge in [0.15, 0.2) is 5.79 Å². The van der Waals surface area contributed by atoms with Gasteiger partial charge in [0.05, 0.1) is 13.2 Å². The van der Waals surface area contributed by atoms with Crippen molar-refractivity contribution in [2.75, 3.05) is 64.4 Å². The summed E-state index contributed by atoms with van der Waals surface area (Å²) in [6, 6.07) is 1.84. The zero-order chi connectivity index (χ0) is 18.1. The first kappa shape index (κ1) is 17.6. The quantitative estimate of drug-likeness (QED) is 0.760. The summed E-state index contributed by atoms with van der Waals surface area (Å²) in [6.07, 6.45) is 1.63. The van der Waals surface area contributed by atoms with Crippen molar-refractivity contribution >= 4 is 11.7 Å². The Bertz CT molecular complexity index is 659. The van der Waals surface area contributed by atoms with Crippen LogP contribution in [0.1, 0.15) is 29.2 Å². The zero-order valence-corrected chi connectivity index (χ0v) is 15.6. The van der Waals surface area contributed by atoms with Crippen LogP contribution in [0, 0.1) is 6.92 Å². The average molecular weight is 361 g/mol. The summed E-state index contributed by atoms with van der Waals surface area (Å²) < 4.78 is 11.6. The highest BCUT2D eigenvalue weighted by Gasteiger charge is 2.40. The largest absolute Gasteiger partial charge is 0.356 e. The molecule has 26 heavy (non-hydrogen) atoms. The first-order valence-corrected chi connectivity index (χ1v) is 9.41. The number of anilines is 1. The minimum absolute atomic E-state index is 0.000731. The number of likely N-dealkylation sites (N-methyl/N-ethyl adjacent to an activating group) is 1. The molecule has 0 aromatic carbocycles. The molecule has 1 aromatic rings. The SMILES string of the molecule is Cc1nc(C(=O)N2CCN(C)CC2)cc(N2CCC3(CC2)OCCO3)n1. The Hall–Kier alpha value is -1.77. The van der Waals surface area contributed by atoms with E-state index in [2.05, 4.69) is 26.8 Å². The van der Waals surface area contributed by atoms with Gasteiger partial charge in [0.25, 0.3) is 5.91 Å². The number of piperazine rings is 1. The van der Waals surface area contributed by atoms with Gasteiger partial charge >= 0.3 is 0 Å². The lowest BCUT2D eigenvalue weighted by Crippen LogP contribution is -2.47. The Labute approximate surface area is 154 Å². The van der Waals surface area contributed by atoms with Gasteiger partial charge in [-0.3, -0.25) is 4.79 Å². The van der Waals surface area contributed by atoms with E-state index in [1.165, 1.54) is 0 Å². The monoisotopic (exact) mass is 361 g/mol. The maximum Gasteiger partial charge on any atom is 0.272 e. The van der Waals surface area contributed by atoms with Crippen LogP contribution in [0.2, 0.25) is 0 Å². The highest BCUT2D eigenvalue weighted by molar-refractivity contribution is 5.93. The van der Waals surface area contributed by atoms with E-state index in [9.17, 15) is 4.79 Å². The molecule has 0 aliphatic carbocycles. The van der Waals surface area contributed by atoms with Gasteiger partial charge in [-0.1, -0.05) is 0 Å². The lowest BCUT2D eigenvalue weighted by atomic mass is 10.0. The molecule has 1 spiro atoms. The van der Waals surface area contributed by atoms with Gasteiger partial charge in [-0.2, -0.15) is 0 Å². The van der Waals surface area contributed by atoms with E-state index < -0.39 is 5.79 Å². The molecule has 3 aliphatic rings. The number of nitrogens with zero attached hydrogens (tertiary/aromatic N) is 5. The number of piperidine rings is 1. The summed E-state index contributed by atoms with van der Waals surface area (Å²) >= 11 is 0. The number of aromatic nitrogens is 2. The van der Waals surface area contributed by atoms with Crippen LogP contribution in [-0.2, 0) is 9.47 Å². The molecule has 0 unspecified atom stereocenters. The molecule has 4 heterocycles. The summed E-state index contributed by atoms with van der Waals surface area (Å²) in [7, 11) is 2.08. The third-order valence-corrected chi connectivity index (χ3v) is 5.50. The van der Waals surface area contributed by atoms with Gasteiger partial charge < -0.3 is 24.2 Å². The standard InChI is InChI=1S/C18H27N5O3/c1-14-19-15(17(24)23-9-7-21(2)8-10-23)13-16(20-14)22-5-3-18(4-6-22)25-11-12-26-18/h13H,3-12H2,1-2H3. The van der Waals surface area contributed by atoms with Crippen molar-refractivity contribution in [2.45, 2.75) is 25.6 Å². The van der Waals surface area contributed by atoms with E-state index in [-0.39, 0.29) is 5.91 Å². The fraction of sp³-hybridized carbons (Fsp3) is 0.722. The zero-order valence-electron chi connectivity index (χ0n) is 15.6. The molecule has 0 radical (unpaired) electrons. The molecule has 0 atom stereocenters. The van der Waals surface area contributed by atoms with E-state index in [1.807, 2.05) is 17.9 Å². The number of carbonyl (C=O) groups is 1. The third kappa shape index (κ3) is 3.54. The molecule has 4 rings (SSSR count). The number of hydrogen-bond acceptors (Lipinski definition) is 7. The molecule has 3 fully saturated rings. The van der Waals surface area contributed by atoms with Crippen LogP contribution in [0.25, 0.3) is 0 Å². The van der Waals surface area contributed by atoms with E-state index in [1.54, 1.807) is 0 Å². The minimum atomic E-state index is -0.406. The Kier molecular flexibility index (Phi) is 4.81. The number of ether oxygens (including phenoxy) is 2. The predicted octanol–water partition coefficient (Wildman–Crippen LogP) is 0.516. The van der Waals surface area contributed by atoms with Crippen LogP contribution >= 0.6 is 0 Å². The molecule has 142 valence electrons.